The van der Waals surface area contributed by atoms with E-state index < -0.39 is 0 Å². The molecule has 0 radical (unpaired) electrons. The zero-order chi connectivity index (χ0) is 9.90. The van der Waals surface area contributed by atoms with Crippen LogP contribution in [0.1, 0.15) is 27.2 Å². The predicted molar refractivity (Wildman–Crippen MR) is 51.4 cm³/mol. The molecule has 0 aromatic carbocycles. The minimum atomic E-state index is -0.225. The van der Waals surface area contributed by atoms with E-state index >= 15 is 0 Å². The van der Waals surface area contributed by atoms with Crippen molar-refractivity contribution in [3.05, 3.63) is 12.2 Å². The fourth-order valence-electron chi connectivity index (χ4n) is 1.51. The molecule has 0 aromatic rings. The molecule has 1 saturated heterocycles. The molecule has 1 atom stereocenters. The van der Waals surface area contributed by atoms with Gasteiger partial charge in [0.15, 0.2) is 0 Å². The molecule has 1 rings (SSSR count). The van der Waals surface area contributed by atoms with Crippen LogP contribution in [0.3, 0.4) is 0 Å². The van der Waals surface area contributed by atoms with E-state index in [1.807, 2.05) is 20.8 Å². The average molecular weight is 183 g/mol. The van der Waals surface area contributed by atoms with Gasteiger partial charge in [0.1, 0.15) is 0 Å². The number of hydrogen-bond donors (Lipinski definition) is 1. The van der Waals surface area contributed by atoms with Crippen LogP contribution in [0.25, 0.3) is 0 Å². The molecule has 0 spiro atoms. The first-order chi connectivity index (χ1) is 6.06. The molecule has 0 aliphatic carbocycles. The quantitative estimate of drug-likeness (QED) is 0.654. The van der Waals surface area contributed by atoms with Gasteiger partial charge in [-0.3, -0.25) is 4.79 Å². The highest BCUT2D eigenvalue weighted by Gasteiger charge is 2.36. The van der Waals surface area contributed by atoms with E-state index in [-0.39, 0.29) is 17.6 Å². The van der Waals surface area contributed by atoms with Gasteiger partial charge >= 0.3 is 0 Å². The lowest BCUT2D eigenvalue weighted by Crippen LogP contribution is -2.45. The summed E-state index contributed by atoms with van der Waals surface area (Å²) < 4.78 is 5.49. The van der Waals surface area contributed by atoms with Gasteiger partial charge < -0.3 is 10.1 Å². The summed E-state index contributed by atoms with van der Waals surface area (Å²) >= 11 is 0. The van der Waals surface area contributed by atoms with Crippen molar-refractivity contribution in [2.75, 3.05) is 6.61 Å². The van der Waals surface area contributed by atoms with Crippen molar-refractivity contribution in [3.63, 3.8) is 0 Å². The number of carbonyl (C=O) groups excluding carboxylic acids is 1. The fourth-order valence-corrected chi connectivity index (χ4v) is 1.51. The van der Waals surface area contributed by atoms with Crippen molar-refractivity contribution in [3.8, 4) is 0 Å². The molecule has 3 nitrogen and oxygen atoms in total. The third-order valence-corrected chi connectivity index (χ3v) is 2.35. The van der Waals surface area contributed by atoms with Crippen molar-refractivity contribution >= 4 is 5.91 Å². The Morgan fingerprint density at radius 3 is 2.77 bits per heavy atom. The number of carbonyl (C=O) groups is 1. The zero-order valence-electron chi connectivity index (χ0n) is 8.46. The lowest BCUT2D eigenvalue weighted by molar-refractivity contribution is -0.118. The maximum Gasteiger partial charge on any atom is 0.243 e. The fraction of sp³-hybridized carbons (Fsp3) is 0.700. The van der Waals surface area contributed by atoms with Gasteiger partial charge in [-0.15, -0.1) is 0 Å². The first kappa shape index (κ1) is 10.3. The molecule has 1 aliphatic heterocycles. The summed E-state index contributed by atoms with van der Waals surface area (Å²) in [4.78, 5) is 11.2. The van der Waals surface area contributed by atoms with Gasteiger partial charge in [0.25, 0.3) is 0 Å². The zero-order valence-corrected chi connectivity index (χ0v) is 8.46. The summed E-state index contributed by atoms with van der Waals surface area (Å²) in [5.74, 6) is -0.0360. The normalized spacial score (nSPS) is 26.5. The second kappa shape index (κ2) is 3.92. The Bertz CT molecular complexity index is 221. The van der Waals surface area contributed by atoms with Crippen LogP contribution in [0.5, 0.6) is 0 Å². The molecule has 0 saturated carbocycles. The lowest BCUT2D eigenvalue weighted by Gasteiger charge is -2.25. The topological polar surface area (TPSA) is 38.3 Å². The number of hydrogen-bond acceptors (Lipinski definition) is 2. The van der Waals surface area contributed by atoms with Crippen LogP contribution >= 0.6 is 0 Å². The predicted octanol–water partition coefficient (Wildman–Crippen LogP) is 1.25. The Morgan fingerprint density at radius 2 is 2.31 bits per heavy atom. The maximum atomic E-state index is 11.2. The lowest BCUT2D eigenvalue weighted by atomic mass is 9.99. The largest absolute Gasteiger partial charge is 0.373 e. The Kier molecular flexibility index (Phi) is 3.09. The molecule has 3 heteroatoms. The molecule has 1 fully saturated rings. The highest BCUT2D eigenvalue weighted by Crippen LogP contribution is 2.24. The summed E-state index contributed by atoms with van der Waals surface area (Å²) in [6.45, 7) is 6.56. The second-order valence-electron chi connectivity index (χ2n) is 3.80. The summed E-state index contributed by atoms with van der Waals surface area (Å²) in [7, 11) is 0. The number of nitrogens with one attached hydrogen (secondary N) is 1. The smallest absolute Gasteiger partial charge is 0.243 e. The van der Waals surface area contributed by atoms with E-state index in [0.29, 0.717) is 0 Å². The third kappa shape index (κ3) is 2.56. The van der Waals surface area contributed by atoms with Crippen LogP contribution in [0.15, 0.2) is 12.2 Å². The number of ether oxygens (including phenoxy) is 1. The van der Waals surface area contributed by atoms with Crippen molar-refractivity contribution in [1.29, 1.82) is 0 Å². The Balaban J connectivity index is 2.49. The van der Waals surface area contributed by atoms with Crippen molar-refractivity contribution in [2.24, 2.45) is 0 Å². The first-order valence-corrected chi connectivity index (χ1v) is 4.63. The number of allylic oxidation sites excluding steroid dienone is 1. The SMILES string of the molecule is C/C=C/C(=O)NC1CCOC1(C)C. The van der Waals surface area contributed by atoms with Gasteiger partial charge in [0, 0.05) is 6.61 Å². The Labute approximate surface area is 79.2 Å². The van der Waals surface area contributed by atoms with Crippen LogP contribution < -0.4 is 5.32 Å². The molecule has 0 bridgehead atoms. The first-order valence-electron chi connectivity index (χ1n) is 4.63. The van der Waals surface area contributed by atoms with Crippen LogP contribution in [0.2, 0.25) is 0 Å². The average Bonchev–Trinajstić information content (AvgIpc) is 2.31. The van der Waals surface area contributed by atoms with E-state index in [1.165, 1.54) is 6.08 Å². The Hall–Kier alpha value is -0.830. The van der Waals surface area contributed by atoms with Gasteiger partial charge in [-0.2, -0.15) is 0 Å². The molecule has 1 unspecified atom stereocenters. The van der Waals surface area contributed by atoms with Crippen LogP contribution in [-0.2, 0) is 9.53 Å². The highest BCUT2D eigenvalue weighted by atomic mass is 16.5. The van der Waals surface area contributed by atoms with Gasteiger partial charge in [-0.25, -0.2) is 0 Å². The van der Waals surface area contributed by atoms with Gasteiger partial charge in [0.2, 0.25) is 5.91 Å². The molecular weight excluding hydrogens is 166 g/mol. The van der Waals surface area contributed by atoms with E-state index in [0.717, 1.165) is 13.0 Å². The molecule has 13 heavy (non-hydrogen) atoms. The van der Waals surface area contributed by atoms with E-state index in [1.54, 1.807) is 6.08 Å². The van der Waals surface area contributed by atoms with Crippen LogP contribution in [-0.4, -0.2) is 24.2 Å². The number of amides is 1. The van der Waals surface area contributed by atoms with E-state index in [2.05, 4.69) is 5.32 Å². The van der Waals surface area contributed by atoms with Crippen molar-refractivity contribution in [1.82, 2.24) is 5.32 Å². The van der Waals surface area contributed by atoms with E-state index in [9.17, 15) is 4.79 Å². The van der Waals surface area contributed by atoms with Gasteiger partial charge in [-0.05, 0) is 33.3 Å². The molecule has 1 aliphatic rings. The number of rotatable bonds is 2. The monoisotopic (exact) mass is 183 g/mol. The molecule has 1 N–H and O–H groups in total. The van der Waals surface area contributed by atoms with Crippen molar-refractivity contribution < 1.29 is 9.53 Å². The minimum Gasteiger partial charge on any atom is -0.373 e. The summed E-state index contributed by atoms with van der Waals surface area (Å²) in [5, 5.41) is 2.92. The molecule has 74 valence electrons. The summed E-state index contributed by atoms with van der Waals surface area (Å²) in [6.07, 6.45) is 4.17. The second-order valence-corrected chi connectivity index (χ2v) is 3.80. The van der Waals surface area contributed by atoms with Gasteiger partial charge in [0.05, 0.1) is 11.6 Å². The van der Waals surface area contributed by atoms with Crippen molar-refractivity contribution in [2.45, 2.75) is 38.8 Å². The highest BCUT2D eigenvalue weighted by molar-refractivity contribution is 5.87. The summed E-state index contributed by atoms with van der Waals surface area (Å²) in [5.41, 5.74) is -0.225. The van der Waals surface area contributed by atoms with Gasteiger partial charge in [-0.1, -0.05) is 6.08 Å². The van der Waals surface area contributed by atoms with Crippen LogP contribution in [0, 0.1) is 0 Å². The Morgan fingerprint density at radius 1 is 1.62 bits per heavy atom. The standard InChI is InChI=1S/C10H17NO2/c1-4-5-9(12)11-8-6-7-13-10(8,2)3/h4-5,8H,6-7H2,1-3H3,(H,11,12)/b5-4+. The molecule has 1 amide bonds. The van der Waals surface area contributed by atoms with E-state index in [4.69, 9.17) is 4.74 Å². The maximum absolute atomic E-state index is 11.2. The molecule has 0 aromatic heterocycles. The van der Waals surface area contributed by atoms with Crippen LogP contribution in [0.4, 0.5) is 0 Å². The summed E-state index contributed by atoms with van der Waals surface area (Å²) in [6, 6.07) is 0.135. The molecular formula is C10H17NO2. The minimum absolute atomic E-state index is 0.0360. The third-order valence-electron chi connectivity index (χ3n) is 2.35. The molecule has 1 heterocycles.